The van der Waals surface area contributed by atoms with Gasteiger partial charge in [0.1, 0.15) is 6.04 Å². The zero-order valence-electron chi connectivity index (χ0n) is 15.6. The molecule has 0 aliphatic heterocycles. The molecule has 1 atom stereocenters. The van der Waals surface area contributed by atoms with Gasteiger partial charge in [-0.1, -0.05) is 43.7 Å². The molecule has 26 heavy (non-hydrogen) atoms. The minimum Gasteiger partial charge on any atom is -0.399 e. The van der Waals surface area contributed by atoms with Gasteiger partial charge in [-0.05, 0) is 49.1 Å². The number of anilines is 1. The summed E-state index contributed by atoms with van der Waals surface area (Å²) < 4.78 is 0. The molecular weight excluding hydrogens is 326 g/mol. The lowest BCUT2D eigenvalue weighted by molar-refractivity contribution is -0.123. The first-order valence-electron chi connectivity index (χ1n) is 8.86. The maximum Gasteiger partial charge on any atom is 0.251 e. The molecule has 2 aromatic carbocycles. The van der Waals surface area contributed by atoms with Crippen molar-refractivity contribution in [3.8, 4) is 0 Å². The average molecular weight is 353 g/mol. The van der Waals surface area contributed by atoms with E-state index in [0.717, 1.165) is 16.8 Å². The molecule has 0 radical (unpaired) electrons. The van der Waals surface area contributed by atoms with E-state index in [1.807, 2.05) is 63.2 Å². The smallest absolute Gasteiger partial charge is 0.251 e. The fourth-order valence-corrected chi connectivity index (χ4v) is 2.67. The van der Waals surface area contributed by atoms with Crippen LogP contribution >= 0.6 is 0 Å². The fraction of sp³-hybridized carbons (Fsp3) is 0.333. The zero-order chi connectivity index (χ0) is 19.1. The number of amides is 2. The topological polar surface area (TPSA) is 84.2 Å². The first-order valence-corrected chi connectivity index (χ1v) is 8.86. The SMILES string of the molecule is Cc1cccc(C(=O)NC(C(=O)NCCc2ccc(N)cc2)C(C)C)c1. The largest absolute Gasteiger partial charge is 0.399 e. The van der Waals surface area contributed by atoms with Crippen LogP contribution in [-0.2, 0) is 11.2 Å². The van der Waals surface area contributed by atoms with Gasteiger partial charge in [0.05, 0.1) is 0 Å². The highest BCUT2D eigenvalue weighted by atomic mass is 16.2. The van der Waals surface area contributed by atoms with Crippen molar-refractivity contribution in [2.45, 2.75) is 33.2 Å². The fourth-order valence-electron chi connectivity index (χ4n) is 2.67. The predicted octanol–water partition coefficient (Wildman–Crippen LogP) is 2.69. The lowest BCUT2D eigenvalue weighted by Gasteiger charge is -2.22. The third-order valence-electron chi connectivity index (χ3n) is 4.21. The number of benzene rings is 2. The van der Waals surface area contributed by atoms with Crippen LogP contribution in [0.25, 0.3) is 0 Å². The van der Waals surface area contributed by atoms with Gasteiger partial charge in [-0.3, -0.25) is 9.59 Å². The number of hydrogen-bond donors (Lipinski definition) is 3. The molecule has 1 unspecified atom stereocenters. The van der Waals surface area contributed by atoms with Gasteiger partial charge in [0.15, 0.2) is 0 Å². The van der Waals surface area contributed by atoms with Crippen molar-refractivity contribution in [3.63, 3.8) is 0 Å². The summed E-state index contributed by atoms with van der Waals surface area (Å²) in [6, 6.07) is 14.3. The van der Waals surface area contributed by atoms with Crippen molar-refractivity contribution in [1.29, 1.82) is 0 Å². The molecular formula is C21H27N3O2. The summed E-state index contributed by atoms with van der Waals surface area (Å²) in [4.78, 5) is 25.0. The van der Waals surface area contributed by atoms with Crippen molar-refractivity contribution in [1.82, 2.24) is 10.6 Å². The van der Waals surface area contributed by atoms with E-state index in [1.54, 1.807) is 6.07 Å². The summed E-state index contributed by atoms with van der Waals surface area (Å²) >= 11 is 0. The molecule has 0 saturated carbocycles. The van der Waals surface area contributed by atoms with Crippen LogP contribution in [0.4, 0.5) is 5.69 Å². The van der Waals surface area contributed by atoms with Crippen molar-refractivity contribution in [2.24, 2.45) is 5.92 Å². The summed E-state index contributed by atoms with van der Waals surface area (Å²) in [5, 5.41) is 5.76. The van der Waals surface area contributed by atoms with Crippen LogP contribution < -0.4 is 16.4 Å². The van der Waals surface area contributed by atoms with Gasteiger partial charge in [0, 0.05) is 17.8 Å². The molecule has 0 saturated heterocycles. The Morgan fingerprint density at radius 3 is 2.38 bits per heavy atom. The molecule has 0 heterocycles. The van der Waals surface area contributed by atoms with E-state index in [9.17, 15) is 9.59 Å². The zero-order valence-corrected chi connectivity index (χ0v) is 15.6. The van der Waals surface area contributed by atoms with Crippen molar-refractivity contribution >= 4 is 17.5 Å². The maximum absolute atomic E-state index is 12.5. The third-order valence-corrected chi connectivity index (χ3v) is 4.21. The molecule has 5 heteroatoms. The highest BCUT2D eigenvalue weighted by Crippen LogP contribution is 2.08. The number of nitrogens with one attached hydrogen (secondary N) is 2. The van der Waals surface area contributed by atoms with E-state index < -0.39 is 6.04 Å². The van der Waals surface area contributed by atoms with Crippen molar-refractivity contribution < 1.29 is 9.59 Å². The number of rotatable bonds is 7. The second-order valence-electron chi connectivity index (χ2n) is 6.85. The average Bonchev–Trinajstić information content (AvgIpc) is 2.60. The molecule has 2 aromatic rings. The Bertz CT molecular complexity index is 754. The van der Waals surface area contributed by atoms with Crippen molar-refractivity contribution in [2.75, 3.05) is 12.3 Å². The molecule has 0 fully saturated rings. The summed E-state index contributed by atoms with van der Waals surface area (Å²) in [6.07, 6.45) is 0.711. The molecule has 0 spiro atoms. The van der Waals surface area contributed by atoms with E-state index in [0.29, 0.717) is 18.5 Å². The van der Waals surface area contributed by atoms with E-state index in [2.05, 4.69) is 10.6 Å². The lowest BCUT2D eigenvalue weighted by Crippen LogP contribution is -2.50. The highest BCUT2D eigenvalue weighted by molar-refractivity contribution is 5.97. The van der Waals surface area contributed by atoms with Crippen molar-refractivity contribution in [3.05, 3.63) is 65.2 Å². The lowest BCUT2D eigenvalue weighted by atomic mass is 10.0. The van der Waals surface area contributed by atoms with Gasteiger partial charge >= 0.3 is 0 Å². The van der Waals surface area contributed by atoms with Crippen LogP contribution in [0.2, 0.25) is 0 Å². The first-order chi connectivity index (χ1) is 12.4. The van der Waals surface area contributed by atoms with Gasteiger partial charge in [0.2, 0.25) is 5.91 Å². The van der Waals surface area contributed by atoms with Crippen LogP contribution in [0.15, 0.2) is 48.5 Å². The Balaban J connectivity index is 1.92. The van der Waals surface area contributed by atoms with Gasteiger partial charge in [0.25, 0.3) is 5.91 Å². The quantitative estimate of drug-likeness (QED) is 0.669. The first kappa shape index (κ1) is 19.5. The number of hydrogen-bond acceptors (Lipinski definition) is 3. The molecule has 4 N–H and O–H groups in total. The summed E-state index contributed by atoms with van der Waals surface area (Å²) in [7, 11) is 0. The van der Waals surface area contributed by atoms with E-state index in [-0.39, 0.29) is 17.7 Å². The second kappa shape index (κ2) is 9.04. The minimum absolute atomic E-state index is 0.0136. The van der Waals surface area contributed by atoms with Crippen LogP contribution in [0, 0.1) is 12.8 Å². The van der Waals surface area contributed by atoms with E-state index in [1.165, 1.54) is 0 Å². The minimum atomic E-state index is -0.575. The van der Waals surface area contributed by atoms with Gasteiger partial charge < -0.3 is 16.4 Å². The molecule has 2 rings (SSSR count). The normalized spacial score (nSPS) is 11.8. The number of aryl methyl sites for hydroxylation is 1. The summed E-state index contributed by atoms with van der Waals surface area (Å²) in [5.74, 6) is -0.419. The Morgan fingerprint density at radius 2 is 1.77 bits per heavy atom. The van der Waals surface area contributed by atoms with Gasteiger partial charge in [-0.15, -0.1) is 0 Å². The molecule has 0 aromatic heterocycles. The molecule has 0 bridgehead atoms. The molecule has 0 aliphatic carbocycles. The van der Waals surface area contributed by atoms with Crippen LogP contribution in [-0.4, -0.2) is 24.4 Å². The Hall–Kier alpha value is -2.82. The molecule has 5 nitrogen and oxygen atoms in total. The highest BCUT2D eigenvalue weighted by Gasteiger charge is 2.24. The molecule has 2 amide bonds. The molecule has 0 aliphatic rings. The maximum atomic E-state index is 12.5. The number of nitrogen functional groups attached to an aromatic ring is 1. The van der Waals surface area contributed by atoms with Crippen LogP contribution in [0.5, 0.6) is 0 Å². The Morgan fingerprint density at radius 1 is 1.08 bits per heavy atom. The van der Waals surface area contributed by atoms with E-state index in [4.69, 9.17) is 5.73 Å². The Labute approximate surface area is 155 Å². The predicted molar refractivity (Wildman–Crippen MR) is 105 cm³/mol. The second-order valence-corrected chi connectivity index (χ2v) is 6.85. The molecule has 138 valence electrons. The summed E-state index contributed by atoms with van der Waals surface area (Å²) in [6.45, 7) is 6.27. The standard InChI is InChI=1S/C21H27N3O2/c1-14(2)19(24-20(25)17-6-4-5-15(3)13-17)21(26)23-12-11-16-7-9-18(22)10-8-16/h4-10,13-14,19H,11-12,22H2,1-3H3,(H,23,26)(H,24,25). The number of nitrogens with two attached hydrogens (primary N) is 1. The number of carbonyl (C=O) groups excluding carboxylic acids is 2. The third kappa shape index (κ3) is 5.62. The number of carbonyl (C=O) groups is 2. The van der Waals surface area contributed by atoms with Crippen LogP contribution in [0.1, 0.15) is 35.3 Å². The van der Waals surface area contributed by atoms with Crippen LogP contribution in [0.3, 0.4) is 0 Å². The van der Waals surface area contributed by atoms with E-state index >= 15 is 0 Å². The van der Waals surface area contributed by atoms with Gasteiger partial charge in [-0.2, -0.15) is 0 Å². The van der Waals surface area contributed by atoms with Gasteiger partial charge in [-0.25, -0.2) is 0 Å². The summed E-state index contributed by atoms with van der Waals surface area (Å²) in [5.41, 5.74) is 9.06. The Kier molecular flexibility index (Phi) is 6.78. The monoisotopic (exact) mass is 353 g/mol.